The molecule has 0 saturated carbocycles. The van der Waals surface area contributed by atoms with Gasteiger partial charge in [0.05, 0.1) is 25.6 Å². The molecule has 2 N–H and O–H groups in total. The molecule has 7 nitrogen and oxygen atoms in total. The number of aromatic nitrogens is 1. The van der Waals surface area contributed by atoms with Gasteiger partial charge >= 0.3 is 0 Å². The third-order valence-corrected chi connectivity index (χ3v) is 4.18. The Bertz CT molecular complexity index is 1030. The summed E-state index contributed by atoms with van der Waals surface area (Å²) in [5.74, 6) is 0.679. The summed E-state index contributed by atoms with van der Waals surface area (Å²) < 4.78 is 10.5. The first-order valence-electron chi connectivity index (χ1n) is 8.88. The van der Waals surface area contributed by atoms with Gasteiger partial charge in [-0.25, -0.2) is 0 Å². The lowest BCUT2D eigenvalue weighted by Crippen LogP contribution is -2.12. The lowest BCUT2D eigenvalue weighted by atomic mass is 10.1. The smallest absolute Gasteiger partial charge is 0.255 e. The fraction of sp³-hybridized carbons (Fsp3) is 0.136. The zero-order valence-corrected chi connectivity index (χ0v) is 16.4. The van der Waals surface area contributed by atoms with E-state index in [2.05, 4.69) is 15.6 Å². The van der Waals surface area contributed by atoms with E-state index in [1.54, 1.807) is 67.9 Å². The van der Waals surface area contributed by atoms with Gasteiger partial charge < -0.3 is 20.1 Å². The number of benzene rings is 2. The zero-order chi connectivity index (χ0) is 20.8. The third-order valence-electron chi connectivity index (χ3n) is 4.18. The molecule has 0 fully saturated rings. The summed E-state index contributed by atoms with van der Waals surface area (Å²) in [5.41, 5.74) is 3.11. The largest absolute Gasteiger partial charge is 0.493 e. The molecule has 2 aromatic carbocycles. The summed E-state index contributed by atoms with van der Waals surface area (Å²) >= 11 is 0. The Hall–Kier alpha value is -3.87. The summed E-state index contributed by atoms with van der Waals surface area (Å²) in [7, 11) is 3.09. The Labute approximate surface area is 168 Å². The highest BCUT2D eigenvalue weighted by Gasteiger charge is 2.11. The fourth-order valence-corrected chi connectivity index (χ4v) is 2.82. The quantitative estimate of drug-likeness (QED) is 0.663. The molecule has 148 valence electrons. The molecular weight excluding hydrogens is 370 g/mol. The number of nitrogens with one attached hydrogen (secondary N) is 2. The van der Waals surface area contributed by atoms with Crippen LogP contribution < -0.4 is 20.1 Å². The van der Waals surface area contributed by atoms with Gasteiger partial charge in [-0.2, -0.15) is 0 Å². The van der Waals surface area contributed by atoms with Gasteiger partial charge in [0.15, 0.2) is 11.5 Å². The van der Waals surface area contributed by atoms with Gasteiger partial charge in [0, 0.05) is 36.0 Å². The number of methoxy groups -OCH3 is 2. The first-order chi connectivity index (χ1) is 14.0. The second kappa shape index (κ2) is 8.88. The molecule has 29 heavy (non-hydrogen) atoms. The molecule has 1 heterocycles. The van der Waals surface area contributed by atoms with E-state index in [1.165, 1.54) is 14.0 Å². The van der Waals surface area contributed by atoms with Gasteiger partial charge in [-0.3, -0.25) is 14.6 Å². The number of hydrogen-bond acceptors (Lipinski definition) is 5. The third kappa shape index (κ3) is 4.70. The van der Waals surface area contributed by atoms with Gasteiger partial charge in [-0.15, -0.1) is 0 Å². The van der Waals surface area contributed by atoms with Crippen LogP contribution in [0, 0.1) is 0 Å². The highest BCUT2D eigenvalue weighted by atomic mass is 16.5. The normalized spacial score (nSPS) is 10.2. The predicted molar refractivity (Wildman–Crippen MR) is 111 cm³/mol. The van der Waals surface area contributed by atoms with E-state index in [1.807, 2.05) is 0 Å². The standard InChI is InChI=1S/C22H21N3O4/c1-14(26)24-18-5-4-12-23-21(18)15-6-8-16(9-7-15)22(27)25-17-10-11-19(28-2)20(13-17)29-3/h4-13H,1-3H3,(H,24,26)(H,25,27). The zero-order valence-electron chi connectivity index (χ0n) is 16.4. The van der Waals surface area contributed by atoms with Crippen LogP contribution in [0.1, 0.15) is 17.3 Å². The second-order valence-electron chi connectivity index (χ2n) is 6.18. The van der Waals surface area contributed by atoms with Crippen LogP contribution in [0.25, 0.3) is 11.3 Å². The van der Waals surface area contributed by atoms with Crippen molar-refractivity contribution in [1.29, 1.82) is 0 Å². The summed E-state index contributed by atoms with van der Waals surface area (Å²) in [5, 5.41) is 5.59. The summed E-state index contributed by atoms with van der Waals surface area (Å²) in [6, 6.07) is 15.7. The number of carbonyl (C=O) groups excluding carboxylic acids is 2. The van der Waals surface area contributed by atoms with Crippen LogP contribution in [-0.4, -0.2) is 31.0 Å². The van der Waals surface area contributed by atoms with Crippen LogP contribution >= 0.6 is 0 Å². The number of anilines is 2. The van der Waals surface area contributed by atoms with Crippen molar-refractivity contribution in [1.82, 2.24) is 4.98 Å². The van der Waals surface area contributed by atoms with Crippen LogP contribution in [0.15, 0.2) is 60.8 Å². The SMILES string of the molecule is COc1ccc(NC(=O)c2ccc(-c3ncccc3NC(C)=O)cc2)cc1OC. The molecule has 0 radical (unpaired) electrons. The molecule has 0 saturated heterocycles. The minimum atomic E-state index is -0.258. The van der Waals surface area contributed by atoms with E-state index >= 15 is 0 Å². The minimum Gasteiger partial charge on any atom is -0.493 e. The maximum absolute atomic E-state index is 12.6. The lowest BCUT2D eigenvalue weighted by Gasteiger charge is -2.11. The van der Waals surface area contributed by atoms with Crippen molar-refractivity contribution in [2.45, 2.75) is 6.92 Å². The molecule has 0 aliphatic heterocycles. The van der Waals surface area contributed by atoms with Crippen LogP contribution in [0.4, 0.5) is 11.4 Å². The molecule has 0 aliphatic carbocycles. The number of nitrogens with zero attached hydrogens (tertiary/aromatic N) is 1. The van der Waals surface area contributed by atoms with Gasteiger partial charge in [0.25, 0.3) is 5.91 Å². The van der Waals surface area contributed by atoms with Gasteiger partial charge in [-0.05, 0) is 36.4 Å². The molecule has 2 amide bonds. The maximum atomic E-state index is 12.6. The molecule has 0 atom stereocenters. The monoisotopic (exact) mass is 391 g/mol. The number of ether oxygens (including phenoxy) is 2. The van der Waals surface area contributed by atoms with Crippen molar-refractivity contribution in [3.05, 3.63) is 66.4 Å². The van der Waals surface area contributed by atoms with Gasteiger partial charge in [0.1, 0.15) is 0 Å². The van der Waals surface area contributed by atoms with E-state index in [-0.39, 0.29) is 11.8 Å². The van der Waals surface area contributed by atoms with Gasteiger partial charge in [0.2, 0.25) is 5.91 Å². The second-order valence-corrected chi connectivity index (χ2v) is 6.18. The Morgan fingerprint density at radius 2 is 1.62 bits per heavy atom. The number of amides is 2. The summed E-state index contributed by atoms with van der Waals surface area (Å²) in [6.07, 6.45) is 1.65. The molecule has 1 aromatic heterocycles. The van der Waals surface area contributed by atoms with Crippen LogP contribution in [0.5, 0.6) is 11.5 Å². The number of hydrogen-bond donors (Lipinski definition) is 2. The van der Waals surface area contributed by atoms with E-state index in [0.29, 0.717) is 34.1 Å². The van der Waals surface area contributed by atoms with Crippen LogP contribution in [0.2, 0.25) is 0 Å². The molecule has 0 aliphatic rings. The Kier molecular flexibility index (Phi) is 6.09. The molecule has 3 rings (SSSR count). The maximum Gasteiger partial charge on any atom is 0.255 e. The Balaban J connectivity index is 1.79. The predicted octanol–water partition coefficient (Wildman–Crippen LogP) is 3.98. The van der Waals surface area contributed by atoms with Crippen molar-refractivity contribution < 1.29 is 19.1 Å². The summed E-state index contributed by atoms with van der Waals surface area (Å²) in [4.78, 5) is 28.3. The summed E-state index contributed by atoms with van der Waals surface area (Å²) in [6.45, 7) is 1.44. The van der Waals surface area contributed by atoms with E-state index in [4.69, 9.17) is 9.47 Å². The van der Waals surface area contributed by atoms with Crippen LogP contribution in [-0.2, 0) is 4.79 Å². The average molecular weight is 391 g/mol. The van der Waals surface area contributed by atoms with E-state index in [9.17, 15) is 9.59 Å². The molecule has 7 heteroatoms. The molecule has 0 unspecified atom stereocenters. The first kappa shape index (κ1) is 19.9. The fourth-order valence-electron chi connectivity index (χ4n) is 2.82. The highest BCUT2D eigenvalue weighted by molar-refractivity contribution is 6.04. The van der Waals surface area contributed by atoms with E-state index in [0.717, 1.165) is 5.56 Å². The van der Waals surface area contributed by atoms with Crippen molar-refractivity contribution in [3.63, 3.8) is 0 Å². The van der Waals surface area contributed by atoms with Crippen molar-refractivity contribution in [2.24, 2.45) is 0 Å². The topological polar surface area (TPSA) is 89.5 Å². The Morgan fingerprint density at radius 1 is 0.897 bits per heavy atom. The van der Waals surface area contributed by atoms with Gasteiger partial charge in [-0.1, -0.05) is 12.1 Å². The van der Waals surface area contributed by atoms with Crippen molar-refractivity contribution >= 4 is 23.2 Å². The van der Waals surface area contributed by atoms with E-state index < -0.39 is 0 Å². The Morgan fingerprint density at radius 3 is 2.28 bits per heavy atom. The lowest BCUT2D eigenvalue weighted by molar-refractivity contribution is -0.114. The minimum absolute atomic E-state index is 0.176. The average Bonchev–Trinajstić information content (AvgIpc) is 2.73. The number of pyridine rings is 1. The molecule has 0 spiro atoms. The number of rotatable bonds is 6. The molecule has 3 aromatic rings. The number of carbonyl (C=O) groups is 2. The van der Waals surface area contributed by atoms with Crippen LogP contribution in [0.3, 0.4) is 0 Å². The first-order valence-corrected chi connectivity index (χ1v) is 8.88. The van der Waals surface area contributed by atoms with Crippen molar-refractivity contribution in [2.75, 3.05) is 24.9 Å². The molecule has 0 bridgehead atoms. The molecular formula is C22H21N3O4. The highest BCUT2D eigenvalue weighted by Crippen LogP contribution is 2.30. The van der Waals surface area contributed by atoms with Crippen molar-refractivity contribution in [3.8, 4) is 22.8 Å².